The highest BCUT2D eigenvalue weighted by Gasteiger charge is 2.09. The van der Waals surface area contributed by atoms with E-state index in [9.17, 15) is 0 Å². The summed E-state index contributed by atoms with van der Waals surface area (Å²) in [6.07, 6.45) is 1.86. The first-order chi connectivity index (χ1) is 13.8. The Morgan fingerprint density at radius 3 is 2.36 bits per heavy atom. The predicted octanol–water partition coefficient (Wildman–Crippen LogP) is 3.12. The lowest BCUT2D eigenvalue weighted by Crippen LogP contribution is -2.42. The van der Waals surface area contributed by atoms with E-state index in [2.05, 4.69) is 75.3 Å². The molecule has 1 fully saturated rings. The third kappa shape index (κ3) is 4.47. The summed E-state index contributed by atoms with van der Waals surface area (Å²) in [7, 11) is 0. The fourth-order valence-electron chi connectivity index (χ4n) is 3.54. The van der Waals surface area contributed by atoms with E-state index in [1.54, 1.807) is 0 Å². The number of rotatable bonds is 5. The third-order valence-corrected chi connectivity index (χ3v) is 5.23. The van der Waals surface area contributed by atoms with E-state index in [0.29, 0.717) is 5.11 Å². The molecule has 0 aliphatic carbocycles. The lowest BCUT2D eigenvalue weighted by atomic mass is 9.97. The molecule has 0 saturated carbocycles. The van der Waals surface area contributed by atoms with Crippen LogP contribution in [0.2, 0.25) is 0 Å². The number of thiocarbonyl (C=S) groups is 1. The van der Waals surface area contributed by atoms with Gasteiger partial charge in [0.25, 0.3) is 0 Å². The molecule has 144 valence electrons. The predicted molar refractivity (Wildman–Crippen MR) is 120 cm³/mol. The molecule has 6 heteroatoms. The third-order valence-electron chi connectivity index (χ3n) is 4.99. The average molecular weight is 393 g/mol. The summed E-state index contributed by atoms with van der Waals surface area (Å²) in [6.45, 7) is 5.32. The number of hydrazone groups is 1. The minimum Gasteiger partial charge on any atom is -0.379 e. The molecule has 0 spiro atoms. The molecule has 1 aliphatic heterocycles. The van der Waals surface area contributed by atoms with Gasteiger partial charge in [-0.3, -0.25) is 10.3 Å². The fraction of sp³-hybridized carbons (Fsp3) is 0.273. The zero-order valence-corrected chi connectivity index (χ0v) is 16.5. The summed E-state index contributed by atoms with van der Waals surface area (Å²) < 4.78 is 5.36. The van der Waals surface area contributed by atoms with Crippen LogP contribution in [-0.4, -0.2) is 55.6 Å². The minimum absolute atomic E-state index is 0.536. The Labute approximate surface area is 170 Å². The van der Waals surface area contributed by atoms with Gasteiger partial charge >= 0.3 is 0 Å². The Morgan fingerprint density at radius 2 is 1.68 bits per heavy atom. The van der Waals surface area contributed by atoms with E-state index < -0.39 is 0 Å². The highest BCUT2D eigenvalue weighted by atomic mass is 32.1. The van der Waals surface area contributed by atoms with Crippen molar-refractivity contribution in [2.75, 3.05) is 39.4 Å². The van der Waals surface area contributed by atoms with Gasteiger partial charge in [0.2, 0.25) is 0 Å². The van der Waals surface area contributed by atoms with Crippen molar-refractivity contribution >= 4 is 45.1 Å². The van der Waals surface area contributed by atoms with Crippen LogP contribution in [0.25, 0.3) is 21.5 Å². The van der Waals surface area contributed by atoms with Crippen molar-refractivity contribution in [2.45, 2.75) is 0 Å². The molecular formula is C22H24N4OS. The van der Waals surface area contributed by atoms with E-state index in [1.165, 1.54) is 21.5 Å². The summed E-state index contributed by atoms with van der Waals surface area (Å²) in [5.74, 6) is 0. The van der Waals surface area contributed by atoms with Crippen molar-refractivity contribution in [2.24, 2.45) is 5.10 Å². The Hall–Kier alpha value is -2.54. The molecule has 4 rings (SSSR count). The Balaban J connectivity index is 1.42. The lowest BCUT2D eigenvalue weighted by Gasteiger charge is -2.26. The van der Waals surface area contributed by atoms with Gasteiger partial charge in [-0.15, -0.1) is 0 Å². The van der Waals surface area contributed by atoms with Crippen LogP contribution in [0.5, 0.6) is 0 Å². The minimum atomic E-state index is 0.536. The quantitative estimate of drug-likeness (QED) is 0.302. The Bertz CT molecular complexity index is 944. The molecule has 0 bridgehead atoms. The molecule has 0 atom stereocenters. The van der Waals surface area contributed by atoms with E-state index in [0.717, 1.165) is 45.0 Å². The molecule has 3 aromatic rings. The molecule has 1 aliphatic rings. The number of nitrogens with one attached hydrogen (secondary N) is 2. The first-order valence-corrected chi connectivity index (χ1v) is 9.99. The number of benzene rings is 3. The number of nitrogens with zero attached hydrogens (tertiary/aromatic N) is 2. The zero-order valence-electron chi connectivity index (χ0n) is 15.7. The summed E-state index contributed by atoms with van der Waals surface area (Å²) in [5, 5.41) is 12.9. The number of ether oxygens (including phenoxy) is 1. The van der Waals surface area contributed by atoms with Gasteiger partial charge < -0.3 is 10.1 Å². The molecule has 3 aromatic carbocycles. The van der Waals surface area contributed by atoms with Gasteiger partial charge in [0, 0.05) is 31.7 Å². The van der Waals surface area contributed by atoms with Crippen molar-refractivity contribution < 1.29 is 4.74 Å². The average Bonchev–Trinajstić information content (AvgIpc) is 2.74. The van der Waals surface area contributed by atoms with Gasteiger partial charge in [-0.05, 0) is 39.8 Å². The maximum Gasteiger partial charge on any atom is 0.187 e. The molecule has 5 nitrogen and oxygen atoms in total. The highest BCUT2D eigenvalue weighted by molar-refractivity contribution is 7.80. The van der Waals surface area contributed by atoms with Gasteiger partial charge in [-0.2, -0.15) is 5.10 Å². The second-order valence-corrected chi connectivity index (χ2v) is 7.22. The van der Waals surface area contributed by atoms with Crippen molar-refractivity contribution in [3.8, 4) is 0 Å². The number of morpholine rings is 1. The summed E-state index contributed by atoms with van der Waals surface area (Å²) in [6, 6.07) is 19.0. The summed E-state index contributed by atoms with van der Waals surface area (Å²) in [4.78, 5) is 2.37. The van der Waals surface area contributed by atoms with Crippen LogP contribution in [0.1, 0.15) is 5.56 Å². The van der Waals surface area contributed by atoms with E-state index in [-0.39, 0.29) is 0 Å². The molecule has 28 heavy (non-hydrogen) atoms. The molecule has 0 unspecified atom stereocenters. The second-order valence-electron chi connectivity index (χ2n) is 6.81. The monoisotopic (exact) mass is 392 g/mol. The number of hydrogen-bond acceptors (Lipinski definition) is 4. The van der Waals surface area contributed by atoms with Crippen LogP contribution in [0, 0.1) is 0 Å². The highest BCUT2D eigenvalue weighted by Crippen LogP contribution is 2.27. The zero-order chi connectivity index (χ0) is 19.2. The molecular weight excluding hydrogens is 368 g/mol. The number of hydrogen-bond donors (Lipinski definition) is 2. The van der Waals surface area contributed by atoms with Crippen molar-refractivity contribution in [1.29, 1.82) is 0 Å². The van der Waals surface area contributed by atoms with Crippen molar-refractivity contribution in [1.82, 2.24) is 15.6 Å². The van der Waals surface area contributed by atoms with Crippen LogP contribution >= 0.6 is 12.2 Å². The Morgan fingerprint density at radius 1 is 1.04 bits per heavy atom. The molecule has 1 heterocycles. The largest absolute Gasteiger partial charge is 0.379 e. The van der Waals surface area contributed by atoms with Crippen LogP contribution in [0.4, 0.5) is 0 Å². The maximum atomic E-state index is 5.36. The second kappa shape index (κ2) is 9.10. The SMILES string of the molecule is S=C(NCCN1CCOCC1)N/N=C\c1c2ccccc2cc2ccccc12. The first kappa shape index (κ1) is 18.8. The van der Waals surface area contributed by atoms with Crippen molar-refractivity contribution in [3.63, 3.8) is 0 Å². The maximum absolute atomic E-state index is 5.36. The van der Waals surface area contributed by atoms with Crippen LogP contribution < -0.4 is 10.7 Å². The van der Waals surface area contributed by atoms with Crippen LogP contribution in [-0.2, 0) is 4.74 Å². The smallest absolute Gasteiger partial charge is 0.187 e. The van der Waals surface area contributed by atoms with Crippen LogP contribution in [0.15, 0.2) is 59.7 Å². The topological polar surface area (TPSA) is 48.9 Å². The van der Waals surface area contributed by atoms with E-state index in [4.69, 9.17) is 17.0 Å². The summed E-state index contributed by atoms with van der Waals surface area (Å²) >= 11 is 5.35. The molecule has 1 saturated heterocycles. The van der Waals surface area contributed by atoms with E-state index >= 15 is 0 Å². The first-order valence-electron chi connectivity index (χ1n) is 9.59. The van der Waals surface area contributed by atoms with Crippen LogP contribution in [0.3, 0.4) is 0 Å². The molecule has 0 radical (unpaired) electrons. The van der Waals surface area contributed by atoms with E-state index in [1.807, 2.05) is 6.21 Å². The van der Waals surface area contributed by atoms with Gasteiger partial charge in [0.1, 0.15) is 0 Å². The van der Waals surface area contributed by atoms with Gasteiger partial charge in [0.15, 0.2) is 5.11 Å². The fourth-order valence-corrected chi connectivity index (χ4v) is 3.69. The molecule has 0 amide bonds. The molecule has 0 aromatic heterocycles. The van der Waals surface area contributed by atoms with Crippen molar-refractivity contribution in [3.05, 3.63) is 60.2 Å². The van der Waals surface area contributed by atoms with Gasteiger partial charge in [0.05, 0.1) is 19.4 Å². The Kier molecular flexibility index (Phi) is 6.11. The van der Waals surface area contributed by atoms with Gasteiger partial charge in [-0.1, -0.05) is 48.5 Å². The molecule has 2 N–H and O–H groups in total. The number of fused-ring (bicyclic) bond motifs is 2. The standard InChI is InChI=1S/C22H24N4OS/c28-22(23-9-10-26-11-13-27-14-12-26)25-24-16-21-19-7-3-1-5-17(19)15-18-6-2-4-8-20(18)21/h1-8,15-16H,9-14H2,(H2,23,25,28)/b24-16-. The lowest BCUT2D eigenvalue weighted by molar-refractivity contribution is 0.0389. The summed E-state index contributed by atoms with van der Waals surface area (Å²) in [5.41, 5.74) is 4.04. The normalized spacial score (nSPS) is 15.3. The van der Waals surface area contributed by atoms with Gasteiger partial charge in [-0.25, -0.2) is 0 Å².